The summed E-state index contributed by atoms with van der Waals surface area (Å²) in [5, 5.41) is 23.0. The van der Waals surface area contributed by atoms with Gasteiger partial charge in [0.15, 0.2) is 0 Å². The summed E-state index contributed by atoms with van der Waals surface area (Å²) in [4.78, 5) is 33.5. The van der Waals surface area contributed by atoms with Crippen molar-refractivity contribution in [2.75, 3.05) is 0 Å². The van der Waals surface area contributed by atoms with Crippen LogP contribution in [0.3, 0.4) is 0 Å². The zero-order valence-corrected chi connectivity index (χ0v) is 11.9. The van der Waals surface area contributed by atoms with E-state index in [1.165, 1.54) is 0 Å². The molecule has 2 rings (SSSR count). The van der Waals surface area contributed by atoms with Gasteiger partial charge in [0.1, 0.15) is 6.04 Å². The molecule has 7 heteroatoms. The Morgan fingerprint density at radius 1 is 1.00 bits per heavy atom. The fourth-order valence-corrected chi connectivity index (χ4v) is 2.60. The van der Waals surface area contributed by atoms with Crippen LogP contribution in [0.15, 0.2) is 0 Å². The van der Waals surface area contributed by atoms with Gasteiger partial charge in [-0.3, -0.25) is 4.79 Å². The number of nitrogens with one attached hydrogen (secondary N) is 2. The Balaban J connectivity index is 1.76. The molecule has 2 amide bonds. The summed E-state index contributed by atoms with van der Waals surface area (Å²) < 4.78 is 0. The topological polar surface area (TPSA) is 116 Å². The lowest BCUT2D eigenvalue weighted by Crippen LogP contribution is -2.50. The molecule has 118 valence electrons. The molecule has 0 heterocycles. The molecular formula is C14H22N2O5. The third-order valence-corrected chi connectivity index (χ3v) is 4.04. The molecule has 0 saturated heterocycles. The molecule has 0 unspecified atom stereocenters. The van der Waals surface area contributed by atoms with E-state index in [4.69, 9.17) is 10.2 Å². The van der Waals surface area contributed by atoms with Crippen LogP contribution in [0.25, 0.3) is 0 Å². The Bertz CT molecular complexity index is 406. The van der Waals surface area contributed by atoms with Crippen molar-refractivity contribution < 1.29 is 24.6 Å². The van der Waals surface area contributed by atoms with Gasteiger partial charge < -0.3 is 20.8 Å². The van der Waals surface area contributed by atoms with Crippen molar-refractivity contribution in [2.45, 2.75) is 57.0 Å². The van der Waals surface area contributed by atoms with Crippen molar-refractivity contribution in [3.63, 3.8) is 0 Å². The minimum Gasteiger partial charge on any atom is -0.481 e. The maximum atomic E-state index is 11.9. The van der Waals surface area contributed by atoms with E-state index >= 15 is 0 Å². The molecule has 2 aliphatic rings. The highest BCUT2D eigenvalue weighted by atomic mass is 16.4. The first kappa shape index (κ1) is 15.6. The smallest absolute Gasteiger partial charge is 0.326 e. The zero-order chi connectivity index (χ0) is 15.4. The summed E-state index contributed by atoms with van der Waals surface area (Å²) in [5.41, 5.74) is 0. The van der Waals surface area contributed by atoms with Crippen molar-refractivity contribution in [1.82, 2.24) is 10.6 Å². The molecule has 0 bridgehead atoms. The summed E-state index contributed by atoms with van der Waals surface area (Å²) in [6.45, 7) is 0. The Hall–Kier alpha value is -1.79. The molecule has 1 atom stereocenters. The molecule has 0 aromatic heterocycles. The molecule has 0 aliphatic heterocycles. The molecule has 2 fully saturated rings. The molecule has 21 heavy (non-hydrogen) atoms. The molecular weight excluding hydrogens is 276 g/mol. The zero-order valence-electron chi connectivity index (χ0n) is 11.9. The highest BCUT2D eigenvalue weighted by Gasteiger charge is 2.42. The second-order valence-electron chi connectivity index (χ2n) is 6.00. The molecule has 0 aromatic carbocycles. The second-order valence-corrected chi connectivity index (χ2v) is 6.00. The lowest BCUT2D eigenvalue weighted by Gasteiger charge is -2.20. The molecule has 0 spiro atoms. The normalized spacial score (nSPS) is 19.1. The summed E-state index contributed by atoms with van der Waals surface area (Å²) in [6.07, 6.45) is 4.75. The van der Waals surface area contributed by atoms with E-state index in [2.05, 4.69) is 10.6 Å². The molecule has 7 nitrogen and oxygen atoms in total. The monoisotopic (exact) mass is 298 g/mol. The summed E-state index contributed by atoms with van der Waals surface area (Å²) in [7, 11) is 0. The first-order chi connectivity index (χ1) is 9.97. The van der Waals surface area contributed by atoms with Gasteiger partial charge in [0.05, 0.1) is 0 Å². The standard InChI is InChI=1S/C14H22N2O5/c17-11(18)3-1-2-10(13(19)20)15-14(21)16-12(8-4-5-8)9-6-7-9/h8-10,12H,1-7H2,(H,17,18)(H,19,20)(H2,15,16,21)/t10-/m1/s1. The van der Waals surface area contributed by atoms with Gasteiger partial charge in [-0.2, -0.15) is 0 Å². The van der Waals surface area contributed by atoms with E-state index in [-0.39, 0.29) is 25.3 Å². The van der Waals surface area contributed by atoms with E-state index in [9.17, 15) is 14.4 Å². The van der Waals surface area contributed by atoms with Gasteiger partial charge in [-0.1, -0.05) is 0 Å². The predicted molar refractivity (Wildman–Crippen MR) is 73.8 cm³/mol. The van der Waals surface area contributed by atoms with Crippen LogP contribution in [0.4, 0.5) is 4.79 Å². The largest absolute Gasteiger partial charge is 0.481 e. The van der Waals surface area contributed by atoms with Crippen molar-refractivity contribution in [3.05, 3.63) is 0 Å². The van der Waals surface area contributed by atoms with Crippen LogP contribution in [0.2, 0.25) is 0 Å². The van der Waals surface area contributed by atoms with Crippen molar-refractivity contribution in [2.24, 2.45) is 11.8 Å². The van der Waals surface area contributed by atoms with Crippen LogP contribution in [0, 0.1) is 11.8 Å². The van der Waals surface area contributed by atoms with E-state index in [1.807, 2.05) is 0 Å². The molecule has 2 saturated carbocycles. The van der Waals surface area contributed by atoms with E-state index < -0.39 is 24.0 Å². The van der Waals surface area contributed by atoms with Crippen LogP contribution < -0.4 is 10.6 Å². The molecule has 0 aromatic rings. The van der Waals surface area contributed by atoms with Crippen LogP contribution in [0.1, 0.15) is 44.9 Å². The SMILES string of the molecule is O=C(O)CCC[C@@H](NC(=O)NC(C1CC1)C1CC1)C(=O)O. The van der Waals surface area contributed by atoms with Crippen LogP contribution in [-0.4, -0.2) is 40.3 Å². The van der Waals surface area contributed by atoms with Gasteiger partial charge in [-0.25, -0.2) is 9.59 Å². The maximum Gasteiger partial charge on any atom is 0.326 e. The Morgan fingerprint density at radius 3 is 2.00 bits per heavy atom. The molecule has 2 aliphatic carbocycles. The lowest BCUT2D eigenvalue weighted by molar-refractivity contribution is -0.140. The van der Waals surface area contributed by atoms with Crippen LogP contribution in [0.5, 0.6) is 0 Å². The predicted octanol–water partition coefficient (Wildman–Crippen LogP) is 1.18. The Labute approximate surface area is 123 Å². The number of carbonyl (C=O) groups excluding carboxylic acids is 1. The van der Waals surface area contributed by atoms with Crippen LogP contribution >= 0.6 is 0 Å². The second kappa shape index (κ2) is 6.78. The number of urea groups is 1. The minimum absolute atomic E-state index is 0.0974. The van der Waals surface area contributed by atoms with Gasteiger partial charge in [-0.15, -0.1) is 0 Å². The number of hydrogen-bond donors (Lipinski definition) is 4. The van der Waals surface area contributed by atoms with Crippen molar-refractivity contribution in [3.8, 4) is 0 Å². The van der Waals surface area contributed by atoms with Crippen LogP contribution in [-0.2, 0) is 9.59 Å². The minimum atomic E-state index is -1.13. The number of aliphatic carboxylic acids is 2. The van der Waals surface area contributed by atoms with E-state index in [0.717, 1.165) is 25.7 Å². The number of carboxylic acids is 2. The first-order valence-electron chi connectivity index (χ1n) is 7.49. The number of rotatable bonds is 9. The first-order valence-corrected chi connectivity index (χ1v) is 7.49. The van der Waals surface area contributed by atoms with Gasteiger partial charge in [0.25, 0.3) is 0 Å². The average molecular weight is 298 g/mol. The van der Waals surface area contributed by atoms with Gasteiger partial charge in [0.2, 0.25) is 0 Å². The third kappa shape index (κ3) is 5.24. The highest BCUT2D eigenvalue weighted by Crippen LogP contribution is 2.44. The van der Waals surface area contributed by atoms with Crippen molar-refractivity contribution in [1.29, 1.82) is 0 Å². The Morgan fingerprint density at radius 2 is 1.57 bits per heavy atom. The average Bonchev–Trinajstić information content (AvgIpc) is 3.27. The Kier molecular flexibility index (Phi) is 5.03. The van der Waals surface area contributed by atoms with E-state index in [0.29, 0.717) is 11.8 Å². The van der Waals surface area contributed by atoms with Crippen molar-refractivity contribution >= 4 is 18.0 Å². The van der Waals surface area contributed by atoms with E-state index in [1.54, 1.807) is 0 Å². The summed E-state index contributed by atoms with van der Waals surface area (Å²) in [5.74, 6) is -1.02. The number of carbonyl (C=O) groups is 3. The van der Waals surface area contributed by atoms with Gasteiger partial charge >= 0.3 is 18.0 Å². The quantitative estimate of drug-likeness (QED) is 0.510. The maximum absolute atomic E-state index is 11.9. The molecule has 0 radical (unpaired) electrons. The number of hydrogen-bond acceptors (Lipinski definition) is 3. The summed E-state index contributed by atoms with van der Waals surface area (Å²) in [6, 6.07) is -1.33. The van der Waals surface area contributed by atoms with Gasteiger partial charge in [-0.05, 0) is 50.4 Å². The number of carboxylic acid groups (broad SMARTS) is 2. The fraction of sp³-hybridized carbons (Fsp3) is 0.786. The lowest BCUT2D eigenvalue weighted by atomic mass is 10.1. The highest BCUT2D eigenvalue weighted by molar-refractivity contribution is 5.82. The number of amides is 2. The molecule has 4 N–H and O–H groups in total. The summed E-state index contributed by atoms with van der Waals surface area (Å²) >= 11 is 0. The third-order valence-electron chi connectivity index (χ3n) is 4.04. The van der Waals surface area contributed by atoms with Gasteiger partial charge in [0, 0.05) is 12.5 Å². The fourth-order valence-electron chi connectivity index (χ4n) is 2.60.